The number of carbonyl (C=O) groups is 1. The van der Waals surface area contributed by atoms with Crippen LogP contribution >= 0.6 is 0 Å². The summed E-state index contributed by atoms with van der Waals surface area (Å²) >= 11 is 0. The first-order valence-electron chi connectivity index (χ1n) is 7.49. The van der Waals surface area contributed by atoms with E-state index in [1.165, 1.54) is 32.2 Å². The van der Waals surface area contributed by atoms with Crippen molar-refractivity contribution >= 4 is 5.91 Å². The Balaban J connectivity index is 1.53. The van der Waals surface area contributed by atoms with Crippen LogP contribution in [-0.4, -0.2) is 63.3 Å². The molecule has 5 heteroatoms. The summed E-state index contributed by atoms with van der Waals surface area (Å²) in [4.78, 5) is 13.9. The van der Waals surface area contributed by atoms with E-state index in [9.17, 15) is 4.79 Å². The second kappa shape index (κ2) is 7.82. The molecule has 1 aliphatic carbocycles. The quantitative estimate of drug-likeness (QED) is 0.619. The Hall–Kier alpha value is -0.650. The van der Waals surface area contributed by atoms with E-state index in [4.69, 9.17) is 4.74 Å². The van der Waals surface area contributed by atoms with Crippen LogP contribution in [0, 0.1) is 5.92 Å². The minimum Gasteiger partial charge on any atom is -0.383 e. The Morgan fingerprint density at radius 2 is 2.00 bits per heavy atom. The van der Waals surface area contributed by atoms with Gasteiger partial charge in [-0.1, -0.05) is 0 Å². The van der Waals surface area contributed by atoms with Crippen LogP contribution in [0.15, 0.2) is 0 Å². The summed E-state index contributed by atoms with van der Waals surface area (Å²) < 4.78 is 4.91. The molecule has 1 saturated carbocycles. The van der Waals surface area contributed by atoms with Crippen molar-refractivity contribution in [1.82, 2.24) is 15.5 Å². The molecule has 0 unspecified atom stereocenters. The van der Waals surface area contributed by atoms with E-state index in [0.717, 1.165) is 25.0 Å². The number of rotatable bonds is 8. The normalized spacial score (nSPS) is 21.5. The van der Waals surface area contributed by atoms with Crippen molar-refractivity contribution in [2.24, 2.45) is 5.92 Å². The van der Waals surface area contributed by atoms with E-state index in [1.807, 2.05) is 0 Å². The predicted octanol–water partition coefficient (Wildman–Crippen LogP) is 0.213. The van der Waals surface area contributed by atoms with Crippen molar-refractivity contribution in [3.8, 4) is 0 Å². The van der Waals surface area contributed by atoms with Crippen LogP contribution < -0.4 is 10.6 Å². The van der Waals surface area contributed by atoms with E-state index < -0.39 is 0 Å². The Labute approximate surface area is 116 Å². The van der Waals surface area contributed by atoms with Gasteiger partial charge in [-0.25, -0.2) is 0 Å². The first-order chi connectivity index (χ1) is 9.28. The number of hydrogen-bond donors (Lipinski definition) is 2. The van der Waals surface area contributed by atoms with Gasteiger partial charge >= 0.3 is 0 Å². The fraction of sp³-hybridized carbons (Fsp3) is 0.929. The monoisotopic (exact) mass is 269 g/mol. The van der Waals surface area contributed by atoms with Crippen LogP contribution in [0.4, 0.5) is 0 Å². The van der Waals surface area contributed by atoms with E-state index in [0.29, 0.717) is 19.7 Å². The molecule has 2 rings (SSSR count). The van der Waals surface area contributed by atoms with Crippen molar-refractivity contribution in [3.63, 3.8) is 0 Å². The van der Waals surface area contributed by atoms with Gasteiger partial charge in [0.15, 0.2) is 0 Å². The SMILES string of the molecule is COCCNC(=O)CN1CCC(CNC2CC2)CC1. The summed E-state index contributed by atoms with van der Waals surface area (Å²) in [7, 11) is 1.65. The molecule has 0 aromatic heterocycles. The molecule has 2 fully saturated rings. The topological polar surface area (TPSA) is 53.6 Å². The lowest BCUT2D eigenvalue weighted by Crippen LogP contribution is -2.43. The number of nitrogens with one attached hydrogen (secondary N) is 2. The number of hydrogen-bond acceptors (Lipinski definition) is 4. The molecule has 0 radical (unpaired) electrons. The number of likely N-dealkylation sites (tertiary alicyclic amines) is 1. The fourth-order valence-electron chi connectivity index (χ4n) is 2.52. The molecule has 0 atom stereocenters. The number of nitrogens with zero attached hydrogens (tertiary/aromatic N) is 1. The van der Waals surface area contributed by atoms with Crippen LogP contribution in [0.25, 0.3) is 0 Å². The zero-order chi connectivity index (χ0) is 13.5. The van der Waals surface area contributed by atoms with Crippen molar-refractivity contribution in [2.45, 2.75) is 31.7 Å². The molecule has 110 valence electrons. The summed E-state index contributed by atoms with van der Waals surface area (Å²) in [5.74, 6) is 0.917. The highest BCUT2D eigenvalue weighted by atomic mass is 16.5. The molecule has 0 spiro atoms. The van der Waals surface area contributed by atoms with Gasteiger partial charge in [-0.3, -0.25) is 9.69 Å². The molecule has 1 aliphatic heterocycles. The Bertz CT molecular complexity index is 274. The lowest BCUT2D eigenvalue weighted by atomic mass is 9.97. The minimum atomic E-state index is 0.117. The van der Waals surface area contributed by atoms with Gasteiger partial charge in [-0.05, 0) is 51.2 Å². The summed E-state index contributed by atoms with van der Waals surface area (Å²) in [5.41, 5.74) is 0. The molecule has 1 amide bonds. The highest BCUT2D eigenvalue weighted by Gasteiger charge is 2.24. The van der Waals surface area contributed by atoms with E-state index in [2.05, 4.69) is 15.5 Å². The van der Waals surface area contributed by atoms with Crippen LogP contribution in [0.1, 0.15) is 25.7 Å². The highest BCUT2D eigenvalue weighted by Crippen LogP contribution is 2.21. The van der Waals surface area contributed by atoms with Gasteiger partial charge in [-0.2, -0.15) is 0 Å². The predicted molar refractivity (Wildman–Crippen MR) is 75.1 cm³/mol. The molecule has 0 bridgehead atoms. The molecule has 0 aromatic rings. The first kappa shape index (κ1) is 14.8. The van der Waals surface area contributed by atoms with Crippen LogP contribution in [-0.2, 0) is 9.53 Å². The van der Waals surface area contributed by atoms with Gasteiger partial charge in [0.05, 0.1) is 13.2 Å². The fourth-order valence-corrected chi connectivity index (χ4v) is 2.52. The number of piperidine rings is 1. The maximum Gasteiger partial charge on any atom is 0.234 e. The van der Waals surface area contributed by atoms with E-state index in [-0.39, 0.29) is 5.91 Å². The Kier molecular flexibility index (Phi) is 6.07. The molecule has 0 aromatic carbocycles. The van der Waals surface area contributed by atoms with Crippen molar-refractivity contribution < 1.29 is 9.53 Å². The highest BCUT2D eigenvalue weighted by molar-refractivity contribution is 5.77. The minimum absolute atomic E-state index is 0.117. The lowest BCUT2D eigenvalue weighted by Gasteiger charge is -2.31. The van der Waals surface area contributed by atoms with Gasteiger partial charge in [0.25, 0.3) is 0 Å². The molecule has 1 heterocycles. The molecular weight excluding hydrogens is 242 g/mol. The van der Waals surface area contributed by atoms with Crippen molar-refractivity contribution in [1.29, 1.82) is 0 Å². The molecule has 2 aliphatic rings. The van der Waals surface area contributed by atoms with E-state index in [1.54, 1.807) is 7.11 Å². The lowest BCUT2D eigenvalue weighted by molar-refractivity contribution is -0.122. The second-order valence-corrected chi connectivity index (χ2v) is 5.74. The zero-order valence-corrected chi connectivity index (χ0v) is 12.0. The van der Waals surface area contributed by atoms with Crippen molar-refractivity contribution in [2.75, 3.05) is 46.4 Å². The van der Waals surface area contributed by atoms with Gasteiger partial charge in [-0.15, -0.1) is 0 Å². The summed E-state index contributed by atoms with van der Waals surface area (Å²) in [6.07, 6.45) is 5.15. The average molecular weight is 269 g/mol. The number of methoxy groups -OCH3 is 1. The molecular formula is C14H27N3O2. The van der Waals surface area contributed by atoms with Gasteiger partial charge in [0.2, 0.25) is 5.91 Å². The summed E-state index contributed by atoms with van der Waals surface area (Å²) in [5, 5.41) is 6.48. The maximum atomic E-state index is 11.7. The van der Waals surface area contributed by atoms with Crippen LogP contribution in [0.2, 0.25) is 0 Å². The Morgan fingerprint density at radius 1 is 1.26 bits per heavy atom. The van der Waals surface area contributed by atoms with Gasteiger partial charge in [0.1, 0.15) is 0 Å². The average Bonchev–Trinajstić information content (AvgIpc) is 3.22. The van der Waals surface area contributed by atoms with Gasteiger partial charge < -0.3 is 15.4 Å². The summed E-state index contributed by atoms with van der Waals surface area (Å²) in [6.45, 7) is 4.99. The summed E-state index contributed by atoms with van der Waals surface area (Å²) in [6, 6.07) is 0.810. The molecule has 5 nitrogen and oxygen atoms in total. The van der Waals surface area contributed by atoms with Crippen LogP contribution in [0.3, 0.4) is 0 Å². The number of ether oxygens (including phenoxy) is 1. The Morgan fingerprint density at radius 3 is 2.63 bits per heavy atom. The maximum absolute atomic E-state index is 11.7. The number of amides is 1. The third-order valence-electron chi connectivity index (χ3n) is 3.98. The van der Waals surface area contributed by atoms with E-state index >= 15 is 0 Å². The smallest absolute Gasteiger partial charge is 0.234 e. The number of carbonyl (C=O) groups excluding carboxylic acids is 1. The molecule has 2 N–H and O–H groups in total. The zero-order valence-electron chi connectivity index (χ0n) is 12.0. The second-order valence-electron chi connectivity index (χ2n) is 5.74. The van der Waals surface area contributed by atoms with Gasteiger partial charge in [0, 0.05) is 19.7 Å². The standard InChI is InChI=1S/C14H27N3O2/c1-19-9-6-15-14(18)11-17-7-4-12(5-8-17)10-16-13-2-3-13/h12-13,16H,2-11H2,1H3,(H,15,18). The first-order valence-corrected chi connectivity index (χ1v) is 7.49. The van der Waals surface area contributed by atoms with Crippen molar-refractivity contribution in [3.05, 3.63) is 0 Å². The molecule has 19 heavy (non-hydrogen) atoms. The molecule has 1 saturated heterocycles. The third kappa shape index (κ3) is 5.89. The largest absolute Gasteiger partial charge is 0.383 e. The van der Waals surface area contributed by atoms with Crippen LogP contribution in [0.5, 0.6) is 0 Å². The third-order valence-corrected chi connectivity index (χ3v) is 3.98.